The second-order valence-corrected chi connectivity index (χ2v) is 5.99. The Morgan fingerprint density at radius 1 is 1.39 bits per heavy atom. The standard InChI is InChI=1S/C13H16N6O3S/c1-17-11(9-18-5-7-22-8-6-18)15-16-13(17)23-12-10(19(20)21)3-2-4-14-12/h2-4H,5-9H2,1H3. The molecule has 1 fully saturated rings. The molecule has 2 aromatic rings. The van der Waals surface area contributed by atoms with Gasteiger partial charge in [0.25, 0.3) is 0 Å². The third-order valence-electron chi connectivity index (χ3n) is 3.53. The summed E-state index contributed by atoms with van der Waals surface area (Å²) in [5, 5.41) is 20.3. The first-order chi connectivity index (χ1) is 11.1. The SMILES string of the molecule is Cn1c(CN2CCOCC2)nnc1Sc1ncccc1[N+](=O)[O-]. The highest BCUT2D eigenvalue weighted by Gasteiger charge is 2.20. The highest BCUT2D eigenvalue weighted by Crippen LogP contribution is 2.31. The maximum atomic E-state index is 11.1. The summed E-state index contributed by atoms with van der Waals surface area (Å²) in [6.45, 7) is 3.85. The molecule has 3 heterocycles. The molecular weight excluding hydrogens is 320 g/mol. The maximum absolute atomic E-state index is 11.1. The van der Waals surface area contributed by atoms with E-state index in [9.17, 15) is 10.1 Å². The molecule has 0 atom stereocenters. The Kier molecular flexibility index (Phi) is 4.84. The van der Waals surface area contributed by atoms with Crippen molar-refractivity contribution >= 4 is 17.4 Å². The van der Waals surface area contributed by atoms with Gasteiger partial charge < -0.3 is 9.30 Å². The average Bonchev–Trinajstić information content (AvgIpc) is 2.89. The average molecular weight is 336 g/mol. The van der Waals surface area contributed by atoms with E-state index < -0.39 is 4.92 Å². The predicted molar refractivity (Wildman–Crippen MR) is 82.1 cm³/mol. The minimum Gasteiger partial charge on any atom is -0.379 e. The number of aromatic nitrogens is 4. The lowest BCUT2D eigenvalue weighted by atomic mass is 10.4. The lowest BCUT2D eigenvalue weighted by molar-refractivity contribution is -0.388. The van der Waals surface area contributed by atoms with Gasteiger partial charge in [0.05, 0.1) is 24.7 Å². The van der Waals surface area contributed by atoms with Crippen LogP contribution in [-0.4, -0.2) is 55.9 Å². The molecule has 122 valence electrons. The molecule has 3 rings (SSSR count). The molecule has 0 bridgehead atoms. The van der Waals surface area contributed by atoms with E-state index in [1.54, 1.807) is 6.07 Å². The molecule has 0 N–H and O–H groups in total. The monoisotopic (exact) mass is 336 g/mol. The van der Waals surface area contributed by atoms with Gasteiger partial charge >= 0.3 is 5.69 Å². The lowest BCUT2D eigenvalue weighted by Gasteiger charge is -2.25. The Morgan fingerprint density at radius 2 is 2.17 bits per heavy atom. The predicted octanol–water partition coefficient (Wildman–Crippen LogP) is 1.10. The van der Waals surface area contributed by atoms with E-state index in [4.69, 9.17) is 4.74 Å². The highest BCUT2D eigenvalue weighted by atomic mass is 32.2. The van der Waals surface area contributed by atoms with Gasteiger partial charge in [-0.25, -0.2) is 4.98 Å². The van der Waals surface area contributed by atoms with Crippen LogP contribution in [0.1, 0.15) is 5.82 Å². The number of nitrogens with zero attached hydrogens (tertiary/aromatic N) is 6. The zero-order valence-electron chi connectivity index (χ0n) is 12.6. The zero-order valence-corrected chi connectivity index (χ0v) is 13.4. The van der Waals surface area contributed by atoms with Crippen LogP contribution in [0, 0.1) is 10.1 Å². The van der Waals surface area contributed by atoms with Crippen molar-refractivity contribution in [3.8, 4) is 0 Å². The van der Waals surface area contributed by atoms with Crippen LogP contribution >= 0.6 is 11.8 Å². The quantitative estimate of drug-likeness (QED) is 0.591. The van der Waals surface area contributed by atoms with Crippen molar-refractivity contribution < 1.29 is 9.66 Å². The van der Waals surface area contributed by atoms with Gasteiger partial charge in [0.1, 0.15) is 5.82 Å². The van der Waals surface area contributed by atoms with Crippen molar-refractivity contribution in [1.29, 1.82) is 0 Å². The minimum absolute atomic E-state index is 0.0322. The normalized spacial score (nSPS) is 15.7. The largest absolute Gasteiger partial charge is 0.379 e. The van der Waals surface area contributed by atoms with Crippen molar-refractivity contribution in [2.45, 2.75) is 16.7 Å². The van der Waals surface area contributed by atoms with Crippen molar-refractivity contribution in [3.05, 3.63) is 34.3 Å². The van der Waals surface area contributed by atoms with Gasteiger partial charge in [0.15, 0.2) is 10.2 Å². The summed E-state index contributed by atoms with van der Waals surface area (Å²) in [6, 6.07) is 2.98. The number of pyridine rings is 1. The van der Waals surface area contributed by atoms with E-state index in [0.717, 1.165) is 43.9 Å². The van der Waals surface area contributed by atoms with Gasteiger partial charge in [-0.1, -0.05) is 0 Å². The van der Waals surface area contributed by atoms with Crippen molar-refractivity contribution in [3.63, 3.8) is 0 Å². The Morgan fingerprint density at radius 3 is 2.91 bits per heavy atom. The second kappa shape index (κ2) is 7.02. The molecule has 2 aromatic heterocycles. The van der Waals surface area contributed by atoms with Crippen molar-refractivity contribution in [1.82, 2.24) is 24.6 Å². The fraction of sp³-hybridized carbons (Fsp3) is 0.462. The number of hydrogen-bond acceptors (Lipinski definition) is 8. The molecule has 23 heavy (non-hydrogen) atoms. The van der Waals surface area contributed by atoms with E-state index in [1.807, 2.05) is 11.6 Å². The molecule has 0 spiro atoms. The molecule has 1 saturated heterocycles. The Labute approximate surface area is 136 Å². The molecule has 10 heteroatoms. The maximum Gasteiger partial charge on any atom is 0.301 e. The summed E-state index contributed by atoms with van der Waals surface area (Å²) < 4.78 is 7.17. The summed E-state index contributed by atoms with van der Waals surface area (Å²) >= 11 is 1.15. The molecule has 1 aliphatic rings. The van der Waals surface area contributed by atoms with Crippen LogP contribution in [0.25, 0.3) is 0 Å². The van der Waals surface area contributed by atoms with E-state index in [-0.39, 0.29) is 5.69 Å². The first kappa shape index (κ1) is 15.8. The molecule has 0 radical (unpaired) electrons. The van der Waals surface area contributed by atoms with E-state index in [0.29, 0.717) is 16.7 Å². The summed E-state index contributed by atoms with van der Waals surface area (Å²) in [5.74, 6) is 0.813. The summed E-state index contributed by atoms with van der Waals surface area (Å²) in [5.41, 5.74) is -0.0322. The number of morpholine rings is 1. The number of hydrogen-bond donors (Lipinski definition) is 0. The van der Waals surface area contributed by atoms with Gasteiger partial charge in [0, 0.05) is 32.4 Å². The molecule has 9 nitrogen and oxygen atoms in total. The third-order valence-corrected chi connectivity index (χ3v) is 4.58. The third kappa shape index (κ3) is 3.66. The van der Waals surface area contributed by atoms with Crippen LogP contribution in [-0.2, 0) is 18.3 Å². The molecule has 1 aliphatic heterocycles. The molecule has 0 unspecified atom stereocenters. The second-order valence-electron chi connectivity index (χ2n) is 5.03. The Hall–Kier alpha value is -2.04. The van der Waals surface area contributed by atoms with Gasteiger partial charge in [-0.3, -0.25) is 15.0 Å². The van der Waals surface area contributed by atoms with Crippen LogP contribution in [0.3, 0.4) is 0 Å². The van der Waals surface area contributed by atoms with Crippen LogP contribution in [0.5, 0.6) is 0 Å². The van der Waals surface area contributed by atoms with Gasteiger partial charge in [-0.15, -0.1) is 10.2 Å². The fourth-order valence-electron chi connectivity index (χ4n) is 2.22. The van der Waals surface area contributed by atoms with Crippen molar-refractivity contribution in [2.24, 2.45) is 7.05 Å². The van der Waals surface area contributed by atoms with Crippen LogP contribution < -0.4 is 0 Å². The number of rotatable bonds is 5. The van der Waals surface area contributed by atoms with Crippen molar-refractivity contribution in [2.75, 3.05) is 26.3 Å². The number of ether oxygens (including phenoxy) is 1. The van der Waals surface area contributed by atoms with Crippen LogP contribution in [0.4, 0.5) is 5.69 Å². The van der Waals surface area contributed by atoms with E-state index in [1.165, 1.54) is 12.3 Å². The summed E-state index contributed by atoms with van der Waals surface area (Å²) in [7, 11) is 1.85. The smallest absolute Gasteiger partial charge is 0.301 e. The van der Waals surface area contributed by atoms with E-state index >= 15 is 0 Å². The van der Waals surface area contributed by atoms with Crippen LogP contribution in [0.15, 0.2) is 28.5 Å². The van der Waals surface area contributed by atoms with Gasteiger partial charge in [-0.05, 0) is 17.8 Å². The minimum atomic E-state index is -0.444. The van der Waals surface area contributed by atoms with Gasteiger partial charge in [0.2, 0.25) is 0 Å². The summed E-state index contributed by atoms with van der Waals surface area (Å²) in [4.78, 5) is 16.9. The fourth-order valence-corrected chi connectivity index (χ4v) is 3.07. The van der Waals surface area contributed by atoms with E-state index in [2.05, 4.69) is 20.1 Å². The molecule has 0 aromatic carbocycles. The molecular formula is C13H16N6O3S. The van der Waals surface area contributed by atoms with Crippen LogP contribution in [0.2, 0.25) is 0 Å². The Bertz CT molecular complexity index is 701. The highest BCUT2D eigenvalue weighted by molar-refractivity contribution is 7.99. The Balaban J connectivity index is 1.76. The zero-order chi connectivity index (χ0) is 16.2. The van der Waals surface area contributed by atoms with Gasteiger partial charge in [-0.2, -0.15) is 0 Å². The topological polar surface area (TPSA) is 99.2 Å². The first-order valence-electron chi connectivity index (χ1n) is 7.11. The molecule has 0 amide bonds. The molecule has 0 aliphatic carbocycles. The molecule has 0 saturated carbocycles. The lowest BCUT2D eigenvalue weighted by Crippen LogP contribution is -2.36. The summed E-state index contributed by atoms with van der Waals surface area (Å²) in [6.07, 6.45) is 1.53. The number of nitro groups is 1. The first-order valence-corrected chi connectivity index (χ1v) is 7.92.